The summed E-state index contributed by atoms with van der Waals surface area (Å²) in [6.07, 6.45) is 4.65. The number of aromatic nitrogens is 4. The van der Waals surface area contributed by atoms with Gasteiger partial charge in [0, 0.05) is 47.4 Å². The minimum atomic E-state index is -0.164. The maximum Gasteiger partial charge on any atom is 0.189 e. The van der Waals surface area contributed by atoms with Crippen LogP contribution < -0.4 is 19.8 Å². The number of unbranched alkanes of at least 4 members (excludes halogenated alkanes) is 1. The number of anilines is 2. The van der Waals surface area contributed by atoms with E-state index in [1.807, 2.05) is 21.9 Å². The maximum absolute atomic E-state index is 5.76. The van der Waals surface area contributed by atoms with Gasteiger partial charge in [-0.1, -0.05) is 34.1 Å². The minimum Gasteiger partial charge on any atom is -0.496 e. The van der Waals surface area contributed by atoms with Gasteiger partial charge in [-0.25, -0.2) is 0 Å². The zero-order chi connectivity index (χ0) is 28.3. The molecule has 1 aromatic carbocycles. The number of rotatable bonds is 11. The zero-order valence-corrected chi connectivity index (χ0v) is 25.9. The molecule has 7 nitrogen and oxygen atoms in total. The fraction of sp³-hybridized carbons (Fsp3) is 0.516. The lowest BCUT2D eigenvalue weighted by molar-refractivity contribution is 0.416. The lowest BCUT2D eigenvalue weighted by atomic mass is 9.91. The molecule has 8 heteroatoms. The van der Waals surface area contributed by atoms with E-state index in [-0.39, 0.29) is 5.41 Å². The number of hydrogen-bond acceptors (Lipinski definition) is 7. The number of hydrogen-bond donors (Lipinski definition) is 0. The van der Waals surface area contributed by atoms with Gasteiger partial charge in [0.05, 0.1) is 23.4 Å². The SMILES string of the molecule is CCCCN(CC)c1sc(/C=c2/c(C(C)(C)C)nn3c(-c4cc(N(CC)CC)ccc4OC)nnc23)cc1C. The van der Waals surface area contributed by atoms with Crippen molar-refractivity contribution in [2.24, 2.45) is 0 Å². The smallest absolute Gasteiger partial charge is 0.189 e. The van der Waals surface area contributed by atoms with Gasteiger partial charge in [-0.15, -0.1) is 21.5 Å². The van der Waals surface area contributed by atoms with Crippen molar-refractivity contribution in [1.82, 2.24) is 19.8 Å². The molecular weight excluding hydrogens is 504 g/mol. The van der Waals surface area contributed by atoms with Gasteiger partial charge in [0.1, 0.15) is 5.75 Å². The van der Waals surface area contributed by atoms with Crippen LogP contribution in [0.2, 0.25) is 0 Å². The van der Waals surface area contributed by atoms with Crippen molar-refractivity contribution >= 4 is 33.7 Å². The molecule has 3 heterocycles. The molecule has 210 valence electrons. The summed E-state index contributed by atoms with van der Waals surface area (Å²) in [7, 11) is 1.70. The van der Waals surface area contributed by atoms with Crippen LogP contribution in [0.1, 0.15) is 77.4 Å². The van der Waals surface area contributed by atoms with Crippen molar-refractivity contribution in [2.75, 3.05) is 43.1 Å². The zero-order valence-electron chi connectivity index (χ0n) is 25.1. The van der Waals surface area contributed by atoms with Crippen LogP contribution in [0, 0.1) is 6.92 Å². The Kier molecular flexibility index (Phi) is 8.84. The van der Waals surface area contributed by atoms with Gasteiger partial charge in [0.2, 0.25) is 0 Å². The lowest BCUT2D eigenvalue weighted by Gasteiger charge is -2.22. The van der Waals surface area contributed by atoms with Crippen molar-refractivity contribution in [3.8, 4) is 17.1 Å². The molecule has 4 rings (SSSR count). The second-order valence-electron chi connectivity index (χ2n) is 11.0. The van der Waals surface area contributed by atoms with Crippen LogP contribution in [-0.2, 0) is 5.41 Å². The van der Waals surface area contributed by atoms with Crippen LogP contribution in [-0.4, -0.2) is 53.1 Å². The van der Waals surface area contributed by atoms with Crippen molar-refractivity contribution in [3.63, 3.8) is 0 Å². The first kappa shape index (κ1) is 28.9. The topological polar surface area (TPSA) is 58.8 Å². The number of methoxy groups -OCH3 is 1. The monoisotopic (exact) mass is 548 g/mol. The van der Waals surface area contributed by atoms with E-state index in [1.165, 1.54) is 28.3 Å². The molecule has 0 atom stereocenters. The molecule has 0 aliphatic heterocycles. The first-order valence-electron chi connectivity index (χ1n) is 14.2. The third kappa shape index (κ3) is 5.76. The number of fused-ring (bicyclic) bond motifs is 1. The van der Waals surface area contributed by atoms with Crippen molar-refractivity contribution in [1.29, 1.82) is 0 Å². The molecule has 4 aromatic rings. The van der Waals surface area contributed by atoms with Crippen LogP contribution in [0.25, 0.3) is 23.1 Å². The fourth-order valence-corrected chi connectivity index (χ4v) is 6.29. The summed E-state index contributed by atoms with van der Waals surface area (Å²) in [5, 5.41) is 16.8. The lowest BCUT2D eigenvalue weighted by Crippen LogP contribution is -2.23. The average molecular weight is 549 g/mol. The highest BCUT2D eigenvalue weighted by molar-refractivity contribution is 7.17. The summed E-state index contributed by atoms with van der Waals surface area (Å²) in [5.41, 5.74) is 4.96. The largest absolute Gasteiger partial charge is 0.496 e. The molecule has 0 aliphatic rings. The molecule has 3 aromatic heterocycles. The number of thiophene rings is 1. The summed E-state index contributed by atoms with van der Waals surface area (Å²) in [5.74, 6) is 1.46. The molecule has 0 radical (unpaired) electrons. The fourth-order valence-electron chi connectivity index (χ4n) is 5.09. The van der Waals surface area contributed by atoms with Crippen LogP contribution in [0.3, 0.4) is 0 Å². The second-order valence-corrected chi connectivity index (χ2v) is 12.1. The first-order valence-corrected chi connectivity index (χ1v) is 15.0. The van der Waals surface area contributed by atoms with Gasteiger partial charge in [0.25, 0.3) is 0 Å². The Balaban J connectivity index is 1.89. The van der Waals surface area contributed by atoms with Gasteiger partial charge < -0.3 is 14.5 Å². The summed E-state index contributed by atoms with van der Waals surface area (Å²) in [6.45, 7) is 21.6. The third-order valence-electron chi connectivity index (χ3n) is 7.25. The number of benzene rings is 1. The normalized spacial score (nSPS) is 12.5. The number of aryl methyl sites for hydroxylation is 1. The summed E-state index contributed by atoms with van der Waals surface area (Å²) >= 11 is 1.85. The predicted molar refractivity (Wildman–Crippen MR) is 166 cm³/mol. The van der Waals surface area contributed by atoms with E-state index in [1.54, 1.807) is 7.11 Å². The van der Waals surface area contributed by atoms with E-state index in [0.29, 0.717) is 5.82 Å². The maximum atomic E-state index is 5.76. The molecule has 0 bridgehead atoms. The number of ether oxygens (including phenoxy) is 1. The van der Waals surface area contributed by atoms with E-state index in [0.717, 1.165) is 59.7 Å². The third-order valence-corrected chi connectivity index (χ3v) is 8.49. The molecule has 0 aliphatic carbocycles. The Hall–Kier alpha value is -3.13. The van der Waals surface area contributed by atoms with Gasteiger partial charge in [-0.05, 0) is 70.0 Å². The molecule has 0 N–H and O–H groups in total. The molecule has 0 spiro atoms. The van der Waals surface area contributed by atoms with E-state index in [2.05, 4.69) is 99.7 Å². The van der Waals surface area contributed by atoms with Gasteiger partial charge in [-0.2, -0.15) is 9.61 Å². The van der Waals surface area contributed by atoms with Crippen molar-refractivity contribution in [3.05, 3.63) is 45.6 Å². The molecule has 0 saturated carbocycles. The molecule has 0 unspecified atom stereocenters. The molecule has 0 saturated heterocycles. The highest BCUT2D eigenvalue weighted by Crippen LogP contribution is 2.34. The quantitative estimate of drug-likeness (QED) is 0.214. The molecule has 0 amide bonds. The van der Waals surface area contributed by atoms with E-state index >= 15 is 0 Å². The minimum absolute atomic E-state index is 0.164. The summed E-state index contributed by atoms with van der Waals surface area (Å²) in [6, 6.07) is 8.54. The molecule has 0 fully saturated rings. The molecular formula is C31H44N6OS. The van der Waals surface area contributed by atoms with Crippen LogP contribution in [0.15, 0.2) is 24.3 Å². The van der Waals surface area contributed by atoms with Gasteiger partial charge >= 0.3 is 0 Å². The van der Waals surface area contributed by atoms with Crippen molar-refractivity contribution in [2.45, 2.75) is 73.6 Å². The van der Waals surface area contributed by atoms with Crippen LogP contribution >= 0.6 is 11.3 Å². The predicted octanol–water partition coefficient (Wildman–Crippen LogP) is 6.49. The second kappa shape index (κ2) is 11.9. The van der Waals surface area contributed by atoms with E-state index < -0.39 is 0 Å². The number of nitrogens with zero attached hydrogens (tertiary/aromatic N) is 6. The standard InChI is InChI=1S/C31H44N6OS/c1-10-14-17-36(13-4)30-21(5)18-23(39-30)20-25-27(31(6,7)8)34-37-28(32-33-29(25)37)24-19-22(35(11-2)12-3)15-16-26(24)38-9/h15-16,18-20H,10-14,17H2,1-9H3/b25-20-. The average Bonchev–Trinajstić information content (AvgIpc) is 3.59. The Morgan fingerprint density at radius 1 is 1.00 bits per heavy atom. The highest BCUT2D eigenvalue weighted by Gasteiger charge is 2.26. The van der Waals surface area contributed by atoms with E-state index in [4.69, 9.17) is 9.84 Å². The van der Waals surface area contributed by atoms with Gasteiger partial charge in [0.15, 0.2) is 11.5 Å². The van der Waals surface area contributed by atoms with Crippen molar-refractivity contribution < 1.29 is 4.74 Å². The molecule has 39 heavy (non-hydrogen) atoms. The Morgan fingerprint density at radius 3 is 2.33 bits per heavy atom. The summed E-state index contributed by atoms with van der Waals surface area (Å²) in [4.78, 5) is 6.02. The van der Waals surface area contributed by atoms with Crippen LogP contribution in [0.4, 0.5) is 10.7 Å². The van der Waals surface area contributed by atoms with E-state index in [9.17, 15) is 0 Å². The summed E-state index contributed by atoms with van der Waals surface area (Å²) < 4.78 is 7.66. The van der Waals surface area contributed by atoms with Gasteiger partial charge in [-0.3, -0.25) is 0 Å². The first-order chi connectivity index (χ1) is 18.7. The highest BCUT2D eigenvalue weighted by atomic mass is 32.1. The Morgan fingerprint density at radius 2 is 1.72 bits per heavy atom. The van der Waals surface area contributed by atoms with Crippen LogP contribution in [0.5, 0.6) is 5.75 Å². The Labute approximate surface area is 237 Å². The Bertz CT molecular complexity index is 1460.